The lowest BCUT2D eigenvalue weighted by atomic mass is 10.3. The molecule has 1 aromatic heterocycles. The Labute approximate surface area is 181 Å². The van der Waals surface area contributed by atoms with Gasteiger partial charge in [-0.05, 0) is 48.5 Å². The van der Waals surface area contributed by atoms with Gasteiger partial charge in [0, 0.05) is 0 Å². The van der Waals surface area contributed by atoms with Crippen molar-refractivity contribution in [3.05, 3.63) is 115 Å². The van der Waals surface area contributed by atoms with Crippen LogP contribution in [0.15, 0.2) is 115 Å². The van der Waals surface area contributed by atoms with Gasteiger partial charge in [0.15, 0.2) is 7.26 Å². The molecule has 4 heteroatoms. The lowest BCUT2D eigenvalue weighted by molar-refractivity contribution is -0.00000525. The van der Waals surface area contributed by atoms with E-state index >= 15 is 0 Å². The number of nitrogens with zero attached hydrogens (tertiary/aromatic N) is 1. The van der Waals surface area contributed by atoms with E-state index < -0.39 is 7.26 Å². The van der Waals surface area contributed by atoms with E-state index in [4.69, 9.17) is 4.98 Å². The van der Waals surface area contributed by atoms with E-state index in [1.807, 2.05) is 11.3 Å². The summed E-state index contributed by atoms with van der Waals surface area (Å²) in [7, 11) is -2.07. The van der Waals surface area contributed by atoms with Crippen molar-refractivity contribution >= 4 is 49.5 Å². The van der Waals surface area contributed by atoms with Gasteiger partial charge in [0.1, 0.15) is 15.9 Å². The molecule has 0 saturated heterocycles. The van der Waals surface area contributed by atoms with Crippen LogP contribution in [0.4, 0.5) is 0 Å². The van der Waals surface area contributed by atoms with Crippen molar-refractivity contribution in [2.24, 2.45) is 0 Å². The molecule has 1 heterocycles. The van der Waals surface area contributed by atoms with Crippen LogP contribution in [-0.4, -0.2) is 4.98 Å². The number of para-hydroxylation sites is 1. The number of halogens is 1. The zero-order valence-electron chi connectivity index (χ0n) is 15.7. The highest BCUT2D eigenvalue weighted by atomic mass is 35.5. The molecule has 0 amide bonds. The fourth-order valence-corrected chi connectivity index (χ4v) is 9.91. The summed E-state index contributed by atoms with van der Waals surface area (Å²) in [5, 5.41) is 4.02. The summed E-state index contributed by atoms with van der Waals surface area (Å²) in [5.41, 5.74) is 1.08. The standard InChI is InChI=1S/C25H19NPS.ClH/c1-4-12-20(13-5-1)27(21-14-6-2-7-15-21,22-16-8-3-9-17-22)25-26-23-18-10-11-19-24(23)28-25;/h1-19H;1H/q+1;/p-1. The van der Waals surface area contributed by atoms with Gasteiger partial charge in [-0.1, -0.05) is 78.1 Å². The van der Waals surface area contributed by atoms with Crippen molar-refractivity contribution in [1.82, 2.24) is 4.98 Å². The molecule has 0 aliphatic heterocycles. The molecule has 1 nitrogen and oxygen atoms in total. The number of thiazole rings is 1. The topological polar surface area (TPSA) is 12.9 Å². The first-order valence-corrected chi connectivity index (χ1v) is 11.9. The van der Waals surface area contributed by atoms with Crippen LogP contribution in [0.25, 0.3) is 10.2 Å². The van der Waals surface area contributed by atoms with E-state index in [1.54, 1.807) is 0 Å². The molecule has 4 aromatic carbocycles. The fourth-order valence-electron chi connectivity index (χ4n) is 3.74. The minimum Gasteiger partial charge on any atom is -1.00 e. The molecule has 0 aliphatic carbocycles. The molecule has 0 spiro atoms. The van der Waals surface area contributed by atoms with Gasteiger partial charge in [0.25, 0.3) is 4.75 Å². The van der Waals surface area contributed by atoms with Crippen LogP contribution in [0.5, 0.6) is 0 Å². The van der Waals surface area contributed by atoms with Gasteiger partial charge in [-0.15, -0.1) is 0 Å². The van der Waals surface area contributed by atoms with Crippen LogP contribution >= 0.6 is 18.6 Å². The van der Waals surface area contributed by atoms with Gasteiger partial charge in [0.05, 0.1) is 10.2 Å². The van der Waals surface area contributed by atoms with Crippen LogP contribution in [-0.2, 0) is 0 Å². The second kappa shape index (κ2) is 8.47. The monoisotopic (exact) mass is 431 g/mol. The van der Waals surface area contributed by atoms with Gasteiger partial charge >= 0.3 is 0 Å². The van der Waals surface area contributed by atoms with Crippen LogP contribution < -0.4 is 33.1 Å². The van der Waals surface area contributed by atoms with Crippen molar-refractivity contribution in [2.75, 3.05) is 0 Å². The number of rotatable bonds is 4. The van der Waals surface area contributed by atoms with E-state index in [-0.39, 0.29) is 12.4 Å². The first-order chi connectivity index (χ1) is 13.9. The van der Waals surface area contributed by atoms with Crippen molar-refractivity contribution in [2.45, 2.75) is 0 Å². The normalized spacial score (nSPS) is 11.2. The van der Waals surface area contributed by atoms with Crippen molar-refractivity contribution in [3.8, 4) is 0 Å². The van der Waals surface area contributed by atoms with Crippen LogP contribution in [0, 0.1) is 0 Å². The lowest BCUT2D eigenvalue weighted by Crippen LogP contribution is -3.00. The molecule has 0 radical (unpaired) electrons. The van der Waals surface area contributed by atoms with Crippen LogP contribution in [0.1, 0.15) is 0 Å². The fraction of sp³-hybridized carbons (Fsp3) is 0. The number of benzene rings is 4. The molecule has 0 aliphatic rings. The van der Waals surface area contributed by atoms with E-state index in [1.165, 1.54) is 25.4 Å². The Balaban J connectivity index is 0.00000205. The molecule has 5 rings (SSSR count). The molecule has 0 saturated carbocycles. The molecule has 0 fully saturated rings. The van der Waals surface area contributed by atoms with E-state index in [2.05, 4.69) is 115 Å². The zero-order chi connectivity index (χ0) is 18.8. The molecule has 5 aromatic rings. The maximum Gasteiger partial charge on any atom is 0.254 e. The van der Waals surface area contributed by atoms with Gasteiger partial charge in [0.2, 0.25) is 0 Å². The van der Waals surface area contributed by atoms with Gasteiger partial charge in [-0.2, -0.15) is 0 Å². The summed E-state index contributed by atoms with van der Waals surface area (Å²) >= 11 is 1.83. The van der Waals surface area contributed by atoms with Crippen molar-refractivity contribution < 1.29 is 12.4 Å². The van der Waals surface area contributed by atoms with Gasteiger partial charge < -0.3 is 12.4 Å². The summed E-state index contributed by atoms with van der Waals surface area (Å²) in [6, 6.07) is 41.2. The van der Waals surface area contributed by atoms with Gasteiger partial charge in [-0.3, -0.25) is 0 Å². The number of aromatic nitrogens is 1. The number of hydrogen-bond acceptors (Lipinski definition) is 2. The zero-order valence-corrected chi connectivity index (χ0v) is 18.1. The molecule has 142 valence electrons. The van der Waals surface area contributed by atoms with Gasteiger partial charge in [-0.25, -0.2) is 4.98 Å². The molecular formula is C25H19ClNPS. The third-order valence-electron chi connectivity index (χ3n) is 5.00. The summed E-state index contributed by atoms with van der Waals surface area (Å²) in [5.74, 6) is 0. The summed E-state index contributed by atoms with van der Waals surface area (Å²) in [4.78, 5) is 5.18. The smallest absolute Gasteiger partial charge is 0.254 e. The van der Waals surface area contributed by atoms with Crippen molar-refractivity contribution in [1.29, 1.82) is 0 Å². The minimum absolute atomic E-state index is 0. The highest BCUT2D eigenvalue weighted by Gasteiger charge is 2.50. The lowest BCUT2D eigenvalue weighted by Gasteiger charge is -2.24. The Morgan fingerprint density at radius 3 is 1.38 bits per heavy atom. The van der Waals surface area contributed by atoms with Crippen molar-refractivity contribution in [3.63, 3.8) is 0 Å². The quantitative estimate of drug-likeness (QED) is 0.396. The molecule has 29 heavy (non-hydrogen) atoms. The number of hydrogen-bond donors (Lipinski definition) is 0. The van der Waals surface area contributed by atoms with E-state index in [9.17, 15) is 0 Å². The van der Waals surface area contributed by atoms with E-state index in [0.29, 0.717) is 0 Å². The predicted molar refractivity (Wildman–Crippen MR) is 124 cm³/mol. The Hall–Kier alpha value is -2.51. The average Bonchev–Trinajstić information content (AvgIpc) is 3.21. The third kappa shape index (κ3) is 3.38. The molecule has 0 N–H and O–H groups in total. The Morgan fingerprint density at radius 1 is 0.517 bits per heavy atom. The SMILES string of the molecule is [Cl-].c1ccc([P+](c2ccccc2)(c2ccccc2)c2nc3ccccc3s2)cc1. The summed E-state index contributed by atoms with van der Waals surface area (Å²) < 4.78 is 2.45. The molecular weight excluding hydrogens is 413 g/mol. The first kappa shape index (κ1) is 19.8. The highest BCUT2D eigenvalue weighted by molar-refractivity contribution is 8.04. The maximum absolute atomic E-state index is 5.18. The molecule has 0 bridgehead atoms. The summed E-state index contributed by atoms with van der Waals surface area (Å²) in [6.45, 7) is 0. The largest absolute Gasteiger partial charge is 1.00 e. The second-order valence-corrected chi connectivity index (χ2v) is 11.3. The third-order valence-corrected chi connectivity index (χ3v) is 10.8. The summed E-state index contributed by atoms with van der Waals surface area (Å²) in [6.07, 6.45) is 0. The second-order valence-electron chi connectivity index (χ2n) is 6.64. The predicted octanol–water partition coefficient (Wildman–Crippen LogP) is 1.92. The maximum atomic E-state index is 5.18. The molecule has 0 unspecified atom stereocenters. The molecule has 0 atom stereocenters. The Morgan fingerprint density at radius 2 is 0.931 bits per heavy atom. The minimum atomic E-state index is -2.07. The average molecular weight is 432 g/mol. The van der Waals surface area contributed by atoms with Crippen LogP contribution in [0.2, 0.25) is 0 Å². The van der Waals surface area contributed by atoms with Crippen LogP contribution in [0.3, 0.4) is 0 Å². The Kier molecular flexibility index (Phi) is 5.78. The Bertz CT molecular complexity index is 1080. The number of fused-ring (bicyclic) bond motifs is 1. The highest BCUT2D eigenvalue weighted by Crippen LogP contribution is 2.55. The first-order valence-electron chi connectivity index (χ1n) is 9.31. The van der Waals surface area contributed by atoms with E-state index in [0.717, 1.165) is 5.52 Å².